The Kier molecular flexibility index (Phi) is 11.9. The molecule has 0 spiro atoms. The summed E-state index contributed by atoms with van der Waals surface area (Å²) in [5.74, 6) is -7.48. The summed E-state index contributed by atoms with van der Waals surface area (Å²) in [5.41, 5.74) is 9.44. The Morgan fingerprint density at radius 3 is 2.41 bits per heavy atom. The van der Waals surface area contributed by atoms with Crippen LogP contribution >= 0.6 is 0 Å². The fourth-order valence-corrected chi connectivity index (χ4v) is 8.93. The van der Waals surface area contributed by atoms with Gasteiger partial charge in [0.05, 0.1) is 23.7 Å². The number of carboxylic acid groups (broad SMARTS) is 1. The standard InChI is InChI=1S/C42H48N4O13/c43-34-7-4-13-41(34,24-5-2-1-3-6-24)19-26-25-17-31(50)32(58-42(57)39(54)38(53)37(52)33(20-48)59-42)18-29(25)46(36(26)40(55)56)35(51)11-9-22-8-10-30(49)23(15-22)16-28-27(12-14-47)44-21-45-28/h1-3,5-6,8-11,15,17-18,26,33-34,36-39,47-50,52-54,57H,4,7,12-14,16,19-21,43H2,(H,55,56)/b11-9+/t26-,33-,34+,36-,37-,38+,39-,41+,42+/m1/s1. The van der Waals surface area contributed by atoms with Crippen molar-refractivity contribution in [3.8, 4) is 17.2 Å². The number of carbonyl (C=O) groups excluding carboxylic acids is 1. The average Bonchev–Trinajstić information content (AvgIpc) is 3.91. The van der Waals surface area contributed by atoms with Crippen molar-refractivity contribution in [1.82, 2.24) is 0 Å². The van der Waals surface area contributed by atoms with Crippen LogP contribution in [-0.4, -0.2) is 132 Å². The minimum atomic E-state index is -3.13. The monoisotopic (exact) mass is 816 g/mol. The number of aliphatic imine (C=N–C) groups is 2. The first kappa shape index (κ1) is 41.9. The Hall–Kier alpha value is -5.24. The second kappa shape index (κ2) is 16.8. The van der Waals surface area contributed by atoms with E-state index in [-0.39, 0.29) is 49.2 Å². The van der Waals surface area contributed by atoms with Crippen LogP contribution in [0.25, 0.3) is 6.08 Å². The van der Waals surface area contributed by atoms with Gasteiger partial charge >= 0.3 is 11.9 Å². The van der Waals surface area contributed by atoms with E-state index in [2.05, 4.69) is 9.98 Å². The summed E-state index contributed by atoms with van der Waals surface area (Å²) >= 11 is 0. The summed E-state index contributed by atoms with van der Waals surface area (Å²) in [6.07, 6.45) is -2.45. The molecule has 17 heteroatoms. The van der Waals surface area contributed by atoms with E-state index in [4.69, 9.17) is 15.2 Å². The van der Waals surface area contributed by atoms with Crippen molar-refractivity contribution in [2.24, 2.45) is 15.7 Å². The number of carboxylic acids is 1. The Bertz CT molecular complexity index is 2160. The van der Waals surface area contributed by atoms with E-state index in [9.17, 15) is 55.5 Å². The lowest BCUT2D eigenvalue weighted by Gasteiger charge is -2.44. The molecule has 7 rings (SSSR count). The van der Waals surface area contributed by atoms with Gasteiger partial charge in [-0.25, -0.2) is 4.79 Å². The maximum absolute atomic E-state index is 14.4. The number of aliphatic hydroxyl groups excluding tert-OH is 5. The molecule has 3 aromatic carbocycles. The predicted molar refractivity (Wildman–Crippen MR) is 212 cm³/mol. The van der Waals surface area contributed by atoms with Crippen LogP contribution in [0.4, 0.5) is 5.69 Å². The molecular formula is C42H48N4O13. The van der Waals surface area contributed by atoms with Crippen LogP contribution in [0, 0.1) is 0 Å². The molecule has 3 heterocycles. The number of amides is 1. The molecule has 1 amide bonds. The number of benzene rings is 3. The molecule has 314 valence electrons. The van der Waals surface area contributed by atoms with Crippen LogP contribution in [0.5, 0.6) is 17.2 Å². The van der Waals surface area contributed by atoms with E-state index in [1.165, 1.54) is 18.2 Å². The van der Waals surface area contributed by atoms with Gasteiger partial charge in [0.1, 0.15) is 36.8 Å². The SMILES string of the molecule is N[C@H]1CCC[C@]1(C[C@@H]1c2cc(O)c(O[C@]3(O)O[C@H](CO)[C@@H](O)[C@H](O)[C@H]3O)cc2N(C(=O)/C=C/c2ccc(O)c(CC3=NCN=C3CCO)c2)[C@H]1C(=O)O)c1ccccc1. The fraction of sp³-hybridized carbons (Fsp3) is 0.429. The molecule has 4 aliphatic rings. The van der Waals surface area contributed by atoms with Crippen LogP contribution in [0.3, 0.4) is 0 Å². The lowest BCUT2D eigenvalue weighted by atomic mass is 9.68. The molecule has 17 nitrogen and oxygen atoms in total. The van der Waals surface area contributed by atoms with Crippen molar-refractivity contribution in [2.75, 3.05) is 24.8 Å². The normalized spacial score (nSPS) is 30.4. The molecule has 3 aliphatic heterocycles. The first-order valence-electron chi connectivity index (χ1n) is 19.4. The highest BCUT2D eigenvalue weighted by Crippen LogP contribution is 2.54. The molecule has 3 aromatic rings. The third kappa shape index (κ3) is 7.83. The molecule has 0 unspecified atom stereocenters. The van der Waals surface area contributed by atoms with Gasteiger partial charge in [0.15, 0.2) is 17.6 Å². The summed E-state index contributed by atoms with van der Waals surface area (Å²) in [4.78, 5) is 37.6. The van der Waals surface area contributed by atoms with Gasteiger partial charge < -0.3 is 61.2 Å². The maximum Gasteiger partial charge on any atom is 0.355 e. The number of anilines is 1. The van der Waals surface area contributed by atoms with Crippen molar-refractivity contribution >= 4 is 35.1 Å². The number of phenolic OH excluding ortho intramolecular Hbond substituents is 2. The van der Waals surface area contributed by atoms with Gasteiger partial charge in [-0.2, -0.15) is 0 Å². The van der Waals surface area contributed by atoms with Crippen molar-refractivity contribution in [2.45, 2.75) is 92.3 Å². The van der Waals surface area contributed by atoms with Crippen molar-refractivity contribution in [1.29, 1.82) is 0 Å². The van der Waals surface area contributed by atoms with Crippen LogP contribution in [0.1, 0.15) is 60.3 Å². The summed E-state index contributed by atoms with van der Waals surface area (Å²) in [6.45, 7) is -0.800. The Balaban J connectivity index is 1.28. The quantitative estimate of drug-likeness (QED) is 0.0845. The van der Waals surface area contributed by atoms with Gasteiger partial charge in [-0.1, -0.05) is 42.8 Å². The molecular weight excluding hydrogens is 768 g/mol. The second-order valence-electron chi connectivity index (χ2n) is 15.4. The molecule has 59 heavy (non-hydrogen) atoms. The number of rotatable bonds is 13. The molecule has 2 fully saturated rings. The van der Waals surface area contributed by atoms with Gasteiger partial charge in [0.2, 0.25) is 0 Å². The van der Waals surface area contributed by atoms with Crippen LogP contribution < -0.4 is 15.4 Å². The highest BCUT2D eigenvalue weighted by atomic mass is 16.8. The fourth-order valence-electron chi connectivity index (χ4n) is 8.93. The minimum Gasteiger partial charge on any atom is -0.508 e. The van der Waals surface area contributed by atoms with Crippen molar-refractivity contribution in [3.05, 3.63) is 89.0 Å². The number of hydrogen-bond acceptors (Lipinski definition) is 15. The molecule has 0 aromatic heterocycles. The zero-order valence-corrected chi connectivity index (χ0v) is 31.9. The van der Waals surface area contributed by atoms with E-state index >= 15 is 0 Å². The van der Waals surface area contributed by atoms with Gasteiger partial charge in [0.25, 0.3) is 5.91 Å². The second-order valence-corrected chi connectivity index (χ2v) is 15.4. The summed E-state index contributed by atoms with van der Waals surface area (Å²) in [5, 5.41) is 94.7. The number of carbonyl (C=O) groups is 2. The number of aliphatic hydroxyl groups is 6. The summed E-state index contributed by atoms with van der Waals surface area (Å²) in [7, 11) is 0. The Labute approximate surface area is 338 Å². The molecule has 0 radical (unpaired) electrons. The third-order valence-corrected chi connectivity index (χ3v) is 12.0. The van der Waals surface area contributed by atoms with E-state index in [1.807, 2.05) is 30.3 Å². The van der Waals surface area contributed by atoms with Gasteiger partial charge in [0, 0.05) is 54.5 Å². The third-order valence-electron chi connectivity index (χ3n) is 12.0. The molecule has 1 saturated carbocycles. The number of aromatic hydroxyl groups is 2. The number of hydrogen-bond donors (Lipinski definition) is 10. The lowest BCUT2D eigenvalue weighted by Crippen LogP contribution is -2.67. The van der Waals surface area contributed by atoms with Gasteiger partial charge in [-0.05, 0) is 60.2 Å². The number of nitrogens with two attached hydrogens (primary N) is 1. The molecule has 1 aliphatic carbocycles. The maximum atomic E-state index is 14.4. The topological polar surface area (TPSA) is 289 Å². The van der Waals surface area contributed by atoms with Gasteiger partial charge in [-0.15, -0.1) is 0 Å². The first-order valence-corrected chi connectivity index (χ1v) is 19.4. The number of nitrogens with zero attached hydrogens (tertiary/aromatic N) is 3. The lowest BCUT2D eigenvalue weighted by molar-refractivity contribution is -0.422. The minimum absolute atomic E-state index is 0.0193. The molecule has 9 atom stereocenters. The Morgan fingerprint density at radius 1 is 0.983 bits per heavy atom. The highest BCUT2D eigenvalue weighted by Gasteiger charge is 2.56. The first-order chi connectivity index (χ1) is 28.2. The summed E-state index contributed by atoms with van der Waals surface area (Å²) < 4.78 is 10.8. The zero-order valence-electron chi connectivity index (χ0n) is 31.9. The van der Waals surface area contributed by atoms with E-state index in [0.717, 1.165) is 29.0 Å². The Morgan fingerprint density at radius 2 is 1.73 bits per heavy atom. The number of ether oxygens (including phenoxy) is 2. The largest absolute Gasteiger partial charge is 0.508 e. The number of fused-ring (bicyclic) bond motifs is 1. The van der Waals surface area contributed by atoms with Crippen molar-refractivity contribution < 1.29 is 65.0 Å². The molecule has 1 saturated heterocycles. The smallest absolute Gasteiger partial charge is 0.355 e. The highest BCUT2D eigenvalue weighted by molar-refractivity contribution is 6.43. The molecule has 11 N–H and O–H groups in total. The van der Waals surface area contributed by atoms with E-state index in [1.54, 1.807) is 12.1 Å². The summed E-state index contributed by atoms with van der Waals surface area (Å²) in [6, 6.07) is 14.5. The van der Waals surface area contributed by atoms with Crippen LogP contribution in [0.2, 0.25) is 0 Å². The van der Waals surface area contributed by atoms with Crippen LogP contribution in [0.15, 0.2) is 76.7 Å². The average molecular weight is 817 g/mol. The number of aliphatic carboxylic acids is 1. The van der Waals surface area contributed by atoms with E-state index < -0.39 is 77.7 Å². The predicted octanol–water partition coefficient (Wildman–Crippen LogP) is 0.811. The number of phenols is 2. The van der Waals surface area contributed by atoms with E-state index in [0.29, 0.717) is 41.8 Å². The zero-order chi connectivity index (χ0) is 42.2. The van der Waals surface area contributed by atoms with Crippen molar-refractivity contribution in [3.63, 3.8) is 0 Å². The van der Waals surface area contributed by atoms with Gasteiger partial charge in [-0.3, -0.25) is 19.7 Å². The van der Waals surface area contributed by atoms with Crippen LogP contribution in [-0.2, 0) is 26.2 Å². The molecule has 0 bridgehead atoms.